The molecule has 0 fully saturated rings. The van der Waals surface area contributed by atoms with Crippen LogP contribution in [-0.4, -0.2) is 43.7 Å². The Morgan fingerprint density at radius 3 is 2.46 bits per heavy atom. The summed E-state index contributed by atoms with van der Waals surface area (Å²) in [5.41, 5.74) is 1.79. The van der Waals surface area contributed by atoms with Gasteiger partial charge < -0.3 is 9.64 Å². The molecule has 0 radical (unpaired) electrons. The molecule has 0 amide bonds. The molecule has 0 aliphatic rings. The van der Waals surface area contributed by atoms with E-state index in [4.69, 9.17) is 4.74 Å². The zero-order valence-corrected chi connectivity index (χ0v) is 17.2. The summed E-state index contributed by atoms with van der Waals surface area (Å²) in [6.45, 7) is 2.58. The smallest absolute Gasteiger partial charge is 0.238 e. The Hall–Kier alpha value is -2.38. The molecule has 1 heterocycles. The van der Waals surface area contributed by atoms with Crippen LogP contribution in [-0.2, 0) is 23.1 Å². The van der Waals surface area contributed by atoms with Gasteiger partial charge in [0.25, 0.3) is 0 Å². The van der Waals surface area contributed by atoms with Gasteiger partial charge in [-0.05, 0) is 50.7 Å². The Morgan fingerprint density at radius 1 is 1.11 bits per heavy atom. The quantitative estimate of drug-likeness (QED) is 0.575. The van der Waals surface area contributed by atoms with Crippen molar-refractivity contribution in [3.05, 3.63) is 65.6 Å². The Kier molecular flexibility index (Phi) is 6.05. The van der Waals surface area contributed by atoms with Crippen LogP contribution in [0.3, 0.4) is 0 Å². The van der Waals surface area contributed by atoms with Crippen LogP contribution in [0, 0.1) is 5.82 Å². The number of nitrogens with zero attached hydrogens (tertiary/aromatic N) is 2. The number of fused-ring (bicyclic) bond motifs is 1. The molecule has 5 nitrogen and oxygen atoms in total. The fourth-order valence-electron chi connectivity index (χ4n) is 3.09. The van der Waals surface area contributed by atoms with Crippen LogP contribution in [0.5, 0.6) is 5.75 Å². The van der Waals surface area contributed by atoms with Crippen molar-refractivity contribution in [1.29, 1.82) is 0 Å². The molecule has 0 saturated heterocycles. The Balaban J connectivity index is 2.12. The predicted molar refractivity (Wildman–Crippen MR) is 110 cm³/mol. The molecule has 7 heteroatoms. The summed E-state index contributed by atoms with van der Waals surface area (Å²) < 4.78 is 46.9. The van der Waals surface area contributed by atoms with Gasteiger partial charge in [0.15, 0.2) is 0 Å². The number of ether oxygens (including phenoxy) is 1. The average molecular weight is 405 g/mol. The third-order valence-corrected chi connectivity index (χ3v) is 6.25. The monoisotopic (exact) mass is 404 g/mol. The first kappa shape index (κ1) is 20.4. The maximum Gasteiger partial charge on any atom is 0.238 e. The van der Waals surface area contributed by atoms with E-state index in [2.05, 4.69) is 0 Å². The molecule has 150 valence electrons. The first-order valence-electron chi connectivity index (χ1n) is 9.20. The highest BCUT2D eigenvalue weighted by molar-refractivity contribution is 7.90. The van der Waals surface area contributed by atoms with Gasteiger partial charge in [-0.25, -0.2) is 16.8 Å². The SMILES string of the molecule is CCS(=O)(=O)n1cc(CCN(C)C)c2c(OCc3ccccc3)ccc(F)c21. The van der Waals surface area contributed by atoms with Gasteiger partial charge in [-0.1, -0.05) is 30.3 Å². The number of likely N-dealkylation sites (N-methyl/N-ethyl adjacent to an activating group) is 1. The van der Waals surface area contributed by atoms with Gasteiger partial charge in [0.2, 0.25) is 10.0 Å². The van der Waals surface area contributed by atoms with Gasteiger partial charge in [0, 0.05) is 18.1 Å². The molecule has 2 aromatic carbocycles. The van der Waals surface area contributed by atoms with Crippen molar-refractivity contribution < 1.29 is 17.5 Å². The molecule has 3 rings (SSSR count). The number of halogens is 1. The van der Waals surface area contributed by atoms with Gasteiger partial charge in [-0.15, -0.1) is 0 Å². The first-order valence-corrected chi connectivity index (χ1v) is 10.8. The standard InChI is InChI=1S/C21H25FN2O3S/c1-4-28(25,26)24-14-17(12-13-23(2)3)20-19(11-10-18(22)21(20)24)27-15-16-8-6-5-7-9-16/h5-11,14H,4,12-13,15H2,1-3H3. The first-order chi connectivity index (χ1) is 13.3. The third-order valence-electron chi connectivity index (χ3n) is 4.64. The summed E-state index contributed by atoms with van der Waals surface area (Å²) in [7, 11) is 0.238. The van der Waals surface area contributed by atoms with Crippen LogP contribution in [0.25, 0.3) is 10.9 Å². The van der Waals surface area contributed by atoms with Gasteiger partial charge in [-0.3, -0.25) is 0 Å². The molecule has 28 heavy (non-hydrogen) atoms. The highest BCUT2D eigenvalue weighted by Gasteiger charge is 2.23. The molecule has 0 aliphatic heterocycles. The van der Waals surface area contributed by atoms with E-state index < -0.39 is 15.8 Å². The van der Waals surface area contributed by atoms with E-state index in [0.29, 0.717) is 30.7 Å². The van der Waals surface area contributed by atoms with Gasteiger partial charge in [0.1, 0.15) is 23.7 Å². The predicted octanol–water partition coefficient (Wildman–Crippen LogP) is 3.66. The van der Waals surface area contributed by atoms with Crippen molar-refractivity contribution in [2.45, 2.75) is 20.0 Å². The van der Waals surface area contributed by atoms with E-state index in [9.17, 15) is 12.8 Å². The fourth-order valence-corrected chi connectivity index (χ4v) is 4.11. The van der Waals surface area contributed by atoms with E-state index in [1.54, 1.807) is 13.0 Å². The lowest BCUT2D eigenvalue weighted by Gasteiger charge is -2.12. The number of hydrogen-bond donors (Lipinski definition) is 0. The number of rotatable bonds is 8. The summed E-state index contributed by atoms with van der Waals surface area (Å²) in [6, 6.07) is 12.5. The lowest BCUT2D eigenvalue weighted by Crippen LogP contribution is -2.15. The molecule has 0 N–H and O–H groups in total. The molecule has 0 unspecified atom stereocenters. The minimum absolute atomic E-state index is 0.0566. The summed E-state index contributed by atoms with van der Waals surface area (Å²) in [6.07, 6.45) is 2.12. The lowest BCUT2D eigenvalue weighted by molar-refractivity contribution is 0.309. The van der Waals surface area contributed by atoms with Crippen molar-refractivity contribution in [2.24, 2.45) is 0 Å². The Morgan fingerprint density at radius 2 is 1.82 bits per heavy atom. The summed E-state index contributed by atoms with van der Waals surface area (Å²) in [5.74, 6) is -0.201. The normalized spacial score (nSPS) is 12.0. The van der Waals surface area contributed by atoms with Crippen molar-refractivity contribution in [1.82, 2.24) is 8.87 Å². The zero-order valence-electron chi connectivity index (χ0n) is 16.4. The molecule has 0 saturated carbocycles. The summed E-state index contributed by atoms with van der Waals surface area (Å²) >= 11 is 0. The van der Waals surface area contributed by atoms with E-state index in [1.165, 1.54) is 12.3 Å². The Labute approximate surface area is 165 Å². The molecule has 0 spiro atoms. The van der Waals surface area contributed by atoms with Gasteiger partial charge >= 0.3 is 0 Å². The average Bonchev–Trinajstić information content (AvgIpc) is 3.08. The third kappa shape index (κ3) is 4.20. The van der Waals surface area contributed by atoms with Crippen LogP contribution in [0.15, 0.2) is 48.7 Å². The summed E-state index contributed by atoms with van der Waals surface area (Å²) in [4.78, 5) is 2.00. The van der Waals surface area contributed by atoms with Crippen LogP contribution < -0.4 is 4.74 Å². The van der Waals surface area contributed by atoms with E-state index in [-0.39, 0.29) is 11.3 Å². The molecular weight excluding hydrogens is 379 g/mol. The van der Waals surface area contributed by atoms with Crippen LogP contribution >= 0.6 is 0 Å². The topological polar surface area (TPSA) is 51.5 Å². The fraction of sp³-hybridized carbons (Fsp3) is 0.333. The molecule has 0 aliphatic carbocycles. The maximum absolute atomic E-state index is 14.7. The van der Waals surface area contributed by atoms with Crippen molar-refractivity contribution >= 4 is 20.9 Å². The molecule has 0 bridgehead atoms. The van der Waals surface area contributed by atoms with Crippen molar-refractivity contribution in [3.63, 3.8) is 0 Å². The largest absolute Gasteiger partial charge is 0.488 e. The maximum atomic E-state index is 14.7. The number of hydrogen-bond acceptors (Lipinski definition) is 4. The highest BCUT2D eigenvalue weighted by atomic mass is 32.2. The highest BCUT2D eigenvalue weighted by Crippen LogP contribution is 2.34. The van der Waals surface area contributed by atoms with Crippen molar-refractivity contribution in [3.8, 4) is 5.75 Å². The lowest BCUT2D eigenvalue weighted by atomic mass is 10.1. The van der Waals surface area contributed by atoms with Gasteiger partial charge in [-0.2, -0.15) is 0 Å². The van der Waals surface area contributed by atoms with Crippen LogP contribution in [0.1, 0.15) is 18.1 Å². The molecule has 1 aromatic heterocycles. The minimum atomic E-state index is -3.64. The number of aromatic nitrogens is 1. The van der Waals surface area contributed by atoms with E-state index in [1.807, 2.05) is 49.3 Å². The van der Waals surface area contributed by atoms with E-state index >= 15 is 0 Å². The Bertz CT molecular complexity index is 1060. The zero-order chi connectivity index (χ0) is 20.3. The molecule has 0 atom stereocenters. The molecule has 3 aromatic rings. The second kappa shape index (κ2) is 8.32. The van der Waals surface area contributed by atoms with Crippen LogP contribution in [0.2, 0.25) is 0 Å². The second-order valence-corrected chi connectivity index (χ2v) is 9.08. The minimum Gasteiger partial charge on any atom is -0.488 e. The summed E-state index contributed by atoms with van der Waals surface area (Å²) in [5, 5.41) is 0.523. The number of benzene rings is 2. The van der Waals surface area contributed by atoms with Gasteiger partial charge in [0.05, 0.1) is 5.75 Å². The van der Waals surface area contributed by atoms with E-state index in [0.717, 1.165) is 15.1 Å². The second-order valence-electron chi connectivity index (χ2n) is 6.95. The van der Waals surface area contributed by atoms with Crippen LogP contribution in [0.4, 0.5) is 4.39 Å². The molecular formula is C21H25FN2O3S. The van der Waals surface area contributed by atoms with Crippen molar-refractivity contribution in [2.75, 3.05) is 26.4 Å².